The van der Waals surface area contributed by atoms with Crippen LogP contribution in [-0.4, -0.2) is 48.0 Å². The lowest BCUT2D eigenvalue weighted by atomic mass is 10.1. The minimum absolute atomic E-state index is 0.619. The summed E-state index contributed by atoms with van der Waals surface area (Å²) in [5.41, 5.74) is 0. The smallest absolute Gasteiger partial charge is 0.157 e. The maximum Gasteiger partial charge on any atom is 0.157 e. The molecule has 0 radical (unpaired) electrons. The highest BCUT2D eigenvalue weighted by molar-refractivity contribution is 8.14. The summed E-state index contributed by atoms with van der Waals surface area (Å²) in [6.07, 6.45) is 2.54. The van der Waals surface area contributed by atoms with Crippen LogP contribution in [0.3, 0.4) is 0 Å². The van der Waals surface area contributed by atoms with Gasteiger partial charge in [-0.05, 0) is 32.4 Å². The largest absolute Gasteiger partial charge is 0.361 e. The Morgan fingerprint density at radius 2 is 2.38 bits per heavy atom. The van der Waals surface area contributed by atoms with Gasteiger partial charge in [0.25, 0.3) is 0 Å². The molecule has 0 aromatic rings. The van der Waals surface area contributed by atoms with Gasteiger partial charge in [-0.2, -0.15) is 0 Å². The zero-order chi connectivity index (χ0) is 11.5. The van der Waals surface area contributed by atoms with Gasteiger partial charge in [-0.15, -0.1) is 0 Å². The fourth-order valence-corrected chi connectivity index (χ4v) is 3.70. The molecule has 2 aliphatic rings. The molecule has 2 aliphatic heterocycles. The third-order valence-electron chi connectivity index (χ3n) is 3.17. The SMILES string of the molecule is CC(C)CC1CN=C(NC2CCN(C)C2)S1. The summed E-state index contributed by atoms with van der Waals surface area (Å²) in [6, 6.07) is 0.619. The topological polar surface area (TPSA) is 27.6 Å². The monoisotopic (exact) mass is 241 g/mol. The van der Waals surface area contributed by atoms with Crippen molar-refractivity contribution >= 4 is 16.9 Å². The van der Waals surface area contributed by atoms with Gasteiger partial charge in [0.2, 0.25) is 0 Å². The number of nitrogens with one attached hydrogen (secondary N) is 1. The second kappa shape index (κ2) is 5.41. The molecule has 3 nitrogen and oxygen atoms in total. The highest BCUT2D eigenvalue weighted by Gasteiger charge is 2.25. The molecule has 0 aliphatic carbocycles. The molecule has 2 atom stereocenters. The zero-order valence-corrected chi connectivity index (χ0v) is 11.4. The number of aliphatic imine (C=N–C) groups is 1. The normalized spacial score (nSPS) is 31.1. The van der Waals surface area contributed by atoms with E-state index in [-0.39, 0.29) is 0 Å². The molecule has 0 amide bonds. The number of hydrogen-bond donors (Lipinski definition) is 1. The molecule has 1 N–H and O–H groups in total. The number of rotatable bonds is 3. The third-order valence-corrected chi connectivity index (χ3v) is 4.32. The summed E-state index contributed by atoms with van der Waals surface area (Å²) in [4.78, 5) is 6.99. The molecule has 0 aromatic carbocycles. The van der Waals surface area contributed by atoms with Crippen LogP contribution in [0, 0.1) is 5.92 Å². The van der Waals surface area contributed by atoms with Crippen LogP contribution in [0.1, 0.15) is 26.7 Å². The summed E-state index contributed by atoms with van der Waals surface area (Å²) in [7, 11) is 2.19. The highest BCUT2D eigenvalue weighted by atomic mass is 32.2. The summed E-state index contributed by atoms with van der Waals surface area (Å²) in [5, 5.41) is 5.48. The van der Waals surface area contributed by atoms with E-state index in [2.05, 4.69) is 36.1 Å². The average molecular weight is 241 g/mol. The van der Waals surface area contributed by atoms with Crippen molar-refractivity contribution in [3.63, 3.8) is 0 Å². The molecule has 2 unspecified atom stereocenters. The molecule has 0 aromatic heterocycles. The number of amidine groups is 1. The van der Waals surface area contributed by atoms with E-state index in [1.54, 1.807) is 0 Å². The third kappa shape index (κ3) is 3.39. The van der Waals surface area contributed by atoms with Crippen LogP contribution in [0.4, 0.5) is 0 Å². The van der Waals surface area contributed by atoms with E-state index in [1.165, 1.54) is 24.6 Å². The molecule has 2 heterocycles. The lowest BCUT2D eigenvalue weighted by molar-refractivity contribution is 0.407. The van der Waals surface area contributed by atoms with Crippen LogP contribution >= 0.6 is 11.8 Å². The molecule has 0 bridgehead atoms. The first kappa shape index (κ1) is 12.2. The first-order chi connectivity index (χ1) is 7.63. The van der Waals surface area contributed by atoms with E-state index < -0.39 is 0 Å². The Labute approximate surface area is 103 Å². The number of likely N-dealkylation sites (N-methyl/N-ethyl adjacent to an activating group) is 1. The Balaban J connectivity index is 1.72. The van der Waals surface area contributed by atoms with Gasteiger partial charge in [-0.1, -0.05) is 25.6 Å². The summed E-state index contributed by atoms with van der Waals surface area (Å²) >= 11 is 1.95. The highest BCUT2D eigenvalue weighted by Crippen LogP contribution is 2.26. The van der Waals surface area contributed by atoms with E-state index in [0.29, 0.717) is 11.3 Å². The Morgan fingerprint density at radius 3 is 3.00 bits per heavy atom. The van der Waals surface area contributed by atoms with Gasteiger partial charge >= 0.3 is 0 Å². The minimum atomic E-state index is 0.619. The maximum atomic E-state index is 4.61. The Hall–Kier alpha value is -0.220. The average Bonchev–Trinajstić information content (AvgIpc) is 2.76. The van der Waals surface area contributed by atoms with Gasteiger partial charge < -0.3 is 10.2 Å². The predicted octanol–water partition coefficient (Wildman–Crippen LogP) is 1.80. The number of hydrogen-bond acceptors (Lipinski definition) is 4. The standard InChI is InChI=1S/C12H23N3S/c1-9(2)6-11-7-13-12(16-11)14-10-4-5-15(3)8-10/h9-11H,4-8H2,1-3H3,(H,13,14). The summed E-state index contributed by atoms with van der Waals surface area (Å²) in [6.45, 7) is 7.96. The van der Waals surface area contributed by atoms with Crippen molar-refractivity contribution in [2.45, 2.75) is 38.0 Å². The predicted molar refractivity (Wildman–Crippen MR) is 72.2 cm³/mol. The van der Waals surface area contributed by atoms with Crippen molar-refractivity contribution in [1.29, 1.82) is 0 Å². The van der Waals surface area contributed by atoms with Crippen molar-refractivity contribution in [3.05, 3.63) is 0 Å². The van der Waals surface area contributed by atoms with Gasteiger partial charge in [-0.25, -0.2) is 0 Å². The Morgan fingerprint density at radius 1 is 1.56 bits per heavy atom. The number of thioether (sulfide) groups is 1. The molecular weight excluding hydrogens is 218 g/mol. The Bertz CT molecular complexity index is 265. The second-order valence-corrected chi connectivity index (χ2v) is 6.70. The molecule has 4 heteroatoms. The minimum Gasteiger partial charge on any atom is -0.361 e. The van der Waals surface area contributed by atoms with Crippen molar-refractivity contribution in [3.8, 4) is 0 Å². The molecule has 2 rings (SSSR count). The van der Waals surface area contributed by atoms with Crippen LogP contribution in [0.5, 0.6) is 0 Å². The van der Waals surface area contributed by atoms with Crippen LogP contribution in [0.15, 0.2) is 4.99 Å². The summed E-state index contributed by atoms with van der Waals surface area (Å²) in [5.74, 6) is 0.782. The molecule has 1 saturated heterocycles. The van der Waals surface area contributed by atoms with Crippen LogP contribution < -0.4 is 5.32 Å². The van der Waals surface area contributed by atoms with E-state index in [0.717, 1.165) is 19.0 Å². The Kier molecular flexibility index (Phi) is 4.14. The van der Waals surface area contributed by atoms with Gasteiger partial charge in [0.15, 0.2) is 5.17 Å². The van der Waals surface area contributed by atoms with Crippen molar-refractivity contribution in [2.24, 2.45) is 10.9 Å². The molecule has 1 fully saturated rings. The van der Waals surface area contributed by atoms with Gasteiger partial charge in [0.05, 0.1) is 6.54 Å². The van der Waals surface area contributed by atoms with Crippen molar-refractivity contribution in [1.82, 2.24) is 10.2 Å². The van der Waals surface area contributed by atoms with E-state index in [4.69, 9.17) is 0 Å². The number of nitrogens with zero attached hydrogens (tertiary/aromatic N) is 2. The van der Waals surface area contributed by atoms with Crippen molar-refractivity contribution in [2.75, 3.05) is 26.7 Å². The molecular formula is C12H23N3S. The van der Waals surface area contributed by atoms with Crippen LogP contribution in [0.2, 0.25) is 0 Å². The maximum absolute atomic E-state index is 4.61. The fraction of sp³-hybridized carbons (Fsp3) is 0.917. The lowest BCUT2D eigenvalue weighted by Gasteiger charge is -2.15. The molecule has 92 valence electrons. The molecule has 16 heavy (non-hydrogen) atoms. The van der Waals surface area contributed by atoms with Crippen molar-refractivity contribution < 1.29 is 0 Å². The molecule has 0 spiro atoms. The zero-order valence-electron chi connectivity index (χ0n) is 10.6. The number of likely N-dealkylation sites (tertiary alicyclic amines) is 1. The fourth-order valence-electron chi connectivity index (χ4n) is 2.37. The first-order valence-corrected chi connectivity index (χ1v) is 7.17. The van der Waals surface area contributed by atoms with Gasteiger partial charge in [-0.3, -0.25) is 4.99 Å². The first-order valence-electron chi connectivity index (χ1n) is 6.29. The van der Waals surface area contributed by atoms with Gasteiger partial charge in [0.1, 0.15) is 0 Å². The van der Waals surface area contributed by atoms with Crippen LogP contribution in [-0.2, 0) is 0 Å². The van der Waals surface area contributed by atoms with E-state index in [1.807, 2.05) is 11.8 Å². The van der Waals surface area contributed by atoms with Crippen LogP contribution in [0.25, 0.3) is 0 Å². The second-order valence-electron chi connectivity index (χ2n) is 5.41. The molecule has 0 saturated carbocycles. The lowest BCUT2D eigenvalue weighted by Crippen LogP contribution is -2.34. The quantitative estimate of drug-likeness (QED) is 0.816. The van der Waals surface area contributed by atoms with E-state index in [9.17, 15) is 0 Å². The van der Waals surface area contributed by atoms with E-state index >= 15 is 0 Å². The summed E-state index contributed by atoms with van der Waals surface area (Å²) < 4.78 is 0. The van der Waals surface area contributed by atoms with Gasteiger partial charge in [0, 0.05) is 17.8 Å².